The quantitative estimate of drug-likeness (QED) is 0.468. The number of carboxylic acids is 1. The number of Topliss-reactive ketones (excluding diaryl/α,β-unsaturated/α-hetero) is 1. The van der Waals surface area contributed by atoms with Crippen LogP contribution in [0.3, 0.4) is 0 Å². The van der Waals surface area contributed by atoms with Gasteiger partial charge < -0.3 is 20.6 Å². The maximum absolute atomic E-state index is 13.0. The fourth-order valence-electron chi connectivity index (χ4n) is 4.14. The summed E-state index contributed by atoms with van der Waals surface area (Å²) >= 11 is 0. The Balaban J connectivity index is 1.58. The zero-order chi connectivity index (χ0) is 24.5. The maximum Gasteiger partial charge on any atom is 0.326 e. The summed E-state index contributed by atoms with van der Waals surface area (Å²) in [6, 6.07) is 16.1. The number of nitrogens with zero attached hydrogens (tertiary/aromatic N) is 1. The van der Waals surface area contributed by atoms with Crippen molar-refractivity contribution >= 4 is 23.6 Å². The van der Waals surface area contributed by atoms with Crippen LogP contribution in [0.1, 0.15) is 42.1 Å². The van der Waals surface area contributed by atoms with E-state index >= 15 is 0 Å². The van der Waals surface area contributed by atoms with Crippen molar-refractivity contribution in [2.24, 2.45) is 0 Å². The second-order valence-corrected chi connectivity index (χ2v) is 8.50. The monoisotopic (exact) mass is 465 g/mol. The zero-order valence-corrected chi connectivity index (χ0v) is 19.3. The van der Waals surface area contributed by atoms with Crippen molar-refractivity contribution in [2.75, 3.05) is 13.1 Å². The highest BCUT2D eigenvalue weighted by Gasteiger charge is 2.35. The molecule has 1 aliphatic rings. The fraction of sp³-hybridized carbons (Fsp3) is 0.385. The zero-order valence-electron chi connectivity index (χ0n) is 19.3. The second-order valence-electron chi connectivity index (χ2n) is 8.50. The van der Waals surface area contributed by atoms with Crippen LogP contribution in [-0.4, -0.2) is 64.8 Å². The lowest BCUT2D eigenvalue weighted by molar-refractivity contribution is -0.148. The average Bonchev–Trinajstić information content (AvgIpc) is 3.34. The minimum atomic E-state index is -0.994. The van der Waals surface area contributed by atoms with Crippen molar-refractivity contribution < 1.29 is 24.3 Å². The van der Waals surface area contributed by atoms with E-state index in [9.17, 15) is 24.3 Å². The maximum atomic E-state index is 13.0. The van der Waals surface area contributed by atoms with E-state index in [2.05, 4.69) is 10.6 Å². The Morgan fingerprint density at radius 3 is 2.32 bits per heavy atom. The Morgan fingerprint density at radius 2 is 1.68 bits per heavy atom. The largest absolute Gasteiger partial charge is 0.480 e. The predicted octanol–water partition coefficient (Wildman–Crippen LogP) is 2.04. The molecule has 180 valence electrons. The number of ketones is 1. The van der Waals surface area contributed by atoms with Crippen molar-refractivity contribution in [3.8, 4) is 0 Å². The van der Waals surface area contributed by atoms with Crippen molar-refractivity contribution in [3.63, 3.8) is 0 Å². The Kier molecular flexibility index (Phi) is 8.93. The molecule has 3 rings (SSSR count). The van der Waals surface area contributed by atoms with E-state index in [0.717, 1.165) is 5.56 Å². The number of likely N-dealkylation sites (tertiary alicyclic amines) is 1. The lowest BCUT2D eigenvalue weighted by Crippen LogP contribution is -2.49. The van der Waals surface area contributed by atoms with Gasteiger partial charge in [0.15, 0.2) is 5.78 Å². The molecule has 0 bridgehead atoms. The summed E-state index contributed by atoms with van der Waals surface area (Å²) in [5.74, 6) is -1.74. The van der Waals surface area contributed by atoms with E-state index < -0.39 is 24.1 Å². The number of aliphatic carboxylic acids is 1. The number of nitrogens with one attached hydrogen (secondary N) is 2. The van der Waals surface area contributed by atoms with E-state index in [4.69, 9.17) is 0 Å². The van der Waals surface area contributed by atoms with Gasteiger partial charge in [-0.15, -0.1) is 0 Å². The summed E-state index contributed by atoms with van der Waals surface area (Å²) in [7, 11) is 0. The van der Waals surface area contributed by atoms with Crippen LogP contribution in [0.15, 0.2) is 60.7 Å². The summed E-state index contributed by atoms with van der Waals surface area (Å²) in [6.07, 6.45) is 1.60. The number of benzene rings is 2. The number of hydrogen-bond acceptors (Lipinski definition) is 5. The van der Waals surface area contributed by atoms with Gasteiger partial charge in [0.1, 0.15) is 6.04 Å². The summed E-state index contributed by atoms with van der Waals surface area (Å²) in [6.45, 7) is 2.33. The van der Waals surface area contributed by atoms with Gasteiger partial charge in [-0.05, 0) is 43.9 Å². The highest BCUT2D eigenvalue weighted by molar-refractivity contribution is 5.98. The summed E-state index contributed by atoms with van der Waals surface area (Å²) in [5, 5.41) is 15.2. The minimum Gasteiger partial charge on any atom is -0.480 e. The van der Waals surface area contributed by atoms with Crippen LogP contribution < -0.4 is 10.6 Å². The van der Waals surface area contributed by atoms with Crippen LogP contribution in [0.2, 0.25) is 0 Å². The number of rotatable bonds is 11. The summed E-state index contributed by atoms with van der Waals surface area (Å²) in [4.78, 5) is 51.1. The molecule has 3 atom stereocenters. The Morgan fingerprint density at radius 1 is 1.03 bits per heavy atom. The van der Waals surface area contributed by atoms with Gasteiger partial charge in [0, 0.05) is 25.1 Å². The van der Waals surface area contributed by atoms with Crippen LogP contribution in [-0.2, 0) is 20.8 Å². The standard InChI is InChI=1S/C26H31N3O5/c1-18(25(32)29-16-8-13-22(29)26(33)34)27-15-14-23(30)21(17-19-9-4-2-5-10-19)28-24(31)20-11-6-3-7-12-20/h2-7,9-12,18,21-22,27H,8,13-17H2,1H3,(H,28,31)(H,33,34). The van der Waals surface area contributed by atoms with E-state index in [1.807, 2.05) is 36.4 Å². The van der Waals surface area contributed by atoms with Crippen molar-refractivity contribution in [3.05, 3.63) is 71.8 Å². The number of carbonyl (C=O) groups is 4. The van der Waals surface area contributed by atoms with Crippen LogP contribution >= 0.6 is 0 Å². The Labute approximate surface area is 199 Å². The van der Waals surface area contributed by atoms with Gasteiger partial charge in [0.25, 0.3) is 5.91 Å². The molecular weight excluding hydrogens is 434 g/mol. The molecule has 8 heteroatoms. The third-order valence-electron chi connectivity index (χ3n) is 6.03. The second kappa shape index (κ2) is 12.1. The molecule has 0 aromatic heterocycles. The predicted molar refractivity (Wildman–Crippen MR) is 127 cm³/mol. The van der Waals surface area contributed by atoms with Crippen LogP contribution in [0.4, 0.5) is 0 Å². The molecule has 0 aliphatic carbocycles. The smallest absolute Gasteiger partial charge is 0.326 e. The van der Waals surface area contributed by atoms with Crippen LogP contribution in [0.25, 0.3) is 0 Å². The van der Waals surface area contributed by atoms with Gasteiger partial charge in [0.05, 0.1) is 12.1 Å². The normalized spacial score (nSPS) is 17.1. The molecule has 3 N–H and O–H groups in total. The average molecular weight is 466 g/mol. The van der Waals surface area contributed by atoms with E-state index in [0.29, 0.717) is 31.4 Å². The van der Waals surface area contributed by atoms with Crippen molar-refractivity contribution in [2.45, 2.75) is 50.7 Å². The molecule has 0 spiro atoms. The summed E-state index contributed by atoms with van der Waals surface area (Å²) < 4.78 is 0. The topological polar surface area (TPSA) is 116 Å². The Bertz CT molecular complexity index is 996. The molecule has 0 saturated carbocycles. The highest BCUT2D eigenvalue weighted by atomic mass is 16.4. The molecule has 1 heterocycles. The van der Waals surface area contributed by atoms with E-state index in [-0.39, 0.29) is 30.6 Å². The minimum absolute atomic E-state index is 0.118. The fourth-order valence-corrected chi connectivity index (χ4v) is 4.14. The first kappa shape index (κ1) is 25.1. The third kappa shape index (κ3) is 6.74. The first-order valence-corrected chi connectivity index (χ1v) is 11.6. The van der Waals surface area contributed by atoms with Gasteiger partial charge in [-0.2, -0.15) is 0 Å². The van der Waals surface area contributed by atoms with Crippen molar-refractivity contribution in [1.29, 1.82) is 0 Å². The summed E-state index contributed by atoms with van der Waals surface area (Å²) in [5.41, 5.74) is 1.41. The number of amides is 2. The van der Waals surface area contributed by atoms with Gasteiger partial charge in [-0.3, -0.25) is 14.4 Å². The van der Waals surface area contributed by atoms with Crippen molar-refractivity contribution in [1.82, 2.24) is 15.5 Å². The highest BCUT2D eigenvalue weighted by Crippen LogP contribution is 2.18. The SMILES string of the molecule is CC(NCCC(=O)C(Cc1ccccc1)NC(=O)c1ccccc1)C(=O)N1CCCC1C(=O)O. The molecule has 2 aromatic carbocycles. The molecule has 1 aliphatic heterocycles. The van der Waals surface area contributed by atoms with Gasteiger partial charge in [0.2, 0.25) is 5.91 Å². The molecule has 2 aromatic rings. The van der Waals surface area contributed by atoms with Crippen LogP contribution in [0, 0.1) is 0 Å². The third-order valence-corrected chi connectivity index (χ3v) is 6.03. The molecule has 8 nitrogen and oxygen atoms in total. The first-order chi connectivity index (χ1) is 16.4. The van der Waals surface area contributed by atoms with Crippen LogP contribution in [0.5, 0.6) is 0 Å². The first-order valence-electron chi connectivity index (χ1n) is 11.6. The molecule has 1 saturated heterocycles. The molecule has 2 amide bonds. The lowest BCUT2D eigenvalue weighted by atomic mass is 10.00. The molecule has 34 heavy (non-hydrogen) atoms. The number of hydrogen-bond donors (Lipinski definition) is 3. The number of carboxylic acid groups (broad SMARTS) is 1. The van der Waals surface area contributed by atoms with E-state index in [1.165, 1.54) is 4.90 Å². The molecule has 1 fully saturated rings. The molecular formula is C26H31N3O5. The van der Waals surface area contributed by atoms with Gasteiger partial charge in [-0.1, -0.05) is 48.5 Å². The Hall–Kier alpha value is -3.52. The van der Waals surface area contributed by atoms with E-state index in [1.54, 1.807) is 31.2 Å². The molecule has 0 radical (unpaired) electrons. The molecule has 3 unspecified atom stereocenters. The lowest BCUT2D eigenvalue weighted by Gasteiger charge is -2.25. The van der Waals surface area contributed by atoms with Gasteiger partial charge >= 0.3 is 5.97 Å². The number of carbonyl (C=O) groups excluding carboxylic acids is 3. The van der Waals surface area contributed by atoms with Gasteiger partial charge in [-0.25, -0.2) is 4.79 Å².